The van der Waals surface area contributed by atoms with E-state index in [1.54, 1.807) is 17.6 Å². The molecule has 5 heteroatoms. The lowest BCUT2D eigenvalue weighted by Crippen LogP contribution is -2.14. The zero-order valence-corrected chi connectivity index (χ0v) is 9.88. The quantitative estimate of drug-likeness (QED) is 0.883. The molecule has 0 saturated heterocycles. The van der Waals surface area contributed by atoms with Crippen molar-refractivity contribution < 1.29 is 4.42 Å². The Morgan fingerprint density at radius 2 is 2.38 bits per heavy atom. The van der Waals surface area contributed by atoms with E-state index >= 15 is 0 Å². The van der Waals surface area contributed by atoms with Crippen molar-refractivity contribution in [3.8, 4) is 10.8 Å². The highest BCUT2D eigenvalue weighted by Gasteiger charge is 2.21. The van der Waals surface area contributed by atoms with Gasteiger partial charge in [-0.25, -0.2) is 0 Å². The summed E-state index contributed by atoms with van der Waals surface area (Å²) in [6.45, 7) is 2.84. The lowest BCUT2D eigenvalue weighted by molar-refractivity contribution is 0.579. The molecule has 84 valence electrons. The number of nitrogens with zero attached hydrogens (tertiary/aromatic N) is 2. The van der Waals surface area contributed by atoms with Crippen LogP contribution in [0.15, 0.2) is 16.7 Å². The Bertz CT molecular complexity index is 487. The van der Waals surface area contributed by atoms with E-state index < -0.39 is 0 Å². The van der Waals surface area contributed by atoms with E-state index in [9.17, 15) is 0 Å². The molecular weight excluding hydrogens is 222 g/mol. The predicted octanol–water partition coefficient (Wildman–Crippen LogP) is 2.36. The third-order valence-electron chi connectivity index (χ3n) is 2.64. The van der Waals surface area contributed by atoms with Crippen molar-refractivity contribution in [2.24, 2.45) is 0 Å². The van der Waals surface area contributed by atoms with Crippen LogP contribution in [0, 0.1) is 6.92 Å². The van der Waals surface area contributed by atoms with E-state index in [0.717, 1.165) is 27.9 Å². The molecule has 1 saturated carbocycles. The highest BCUT2D eigenvalue weighted by molar-refractivity contribution is 7.14. The van der Waals surface area contributed by atoms with Gasteiger partial charge in [0.25, 0.3) is 0 Å². The van der Waals surface area contributed by atoms with Gasteiger partial charge in [0.05, 0.1) is 6.26 Å². The van der Waals surface area contributed by atoms with E-state index in [1.807, 2.05) is 13.0 Å². The topological polar surface area (TPSA) is 51.0 Å². The van der Waals surface area contributed by atoms with Crippen LogP contribution < -0.4 is 5.32 Å². The zero-order chi connectivity index (χ0) is 11.0. The van der Waals surface area contributed by atoms with Crippen LogP contribution >= 0.6 is 11.3 Å². The lowest BCUT2D eigenvalue weighted by atomic mass is 10.3. The van der Waals surface area contributed by atoms with Crippen LogP contribution in [-0.4, -0.2) is 16.2 Å². The summed E-state index contributed by atoms with van der Waals surface area (Å²) >= 11 is 1.60. The number of furan rings is 1. The molecule has 0 atom stereocenters. The van der Waals surface area contributed by atoms with Gasteiger partial charge in [0.2, 0.25) is 0 Å². The Balaban J connectivity index is 1.74. The van der Waals surface area contributed by atoms with Gasteiger partial charge in [-0.1, -0.05) is 11.3 Å². The van der Waals surface area contributed by atoms with Crippen molar-refractivity contribution >= 4 is 11.3 Å². The molecule has 2 aromatic rings. The van der Waals surface area contributed by atoms with Gasteiger partial charge in [-0.3, -0.25) is 0 Å². The monoisotopic (exact) mass is 235 g/mol. The van der Waals surface area contributed by atoms with Crippen LogP contribution in [0.2, 0.25) is 0 Å². The van der Waals surface area contributed by atoms with Crippen LogP contribution in [0.25, 0.3) is 10.8 Å². The summed E-state index contributed by atoms with van der Waals surface area (Å²) in [6, 6.07) is 2.65. The van der Waals surface area contributed by atoms with E-state index in [-0.39, 0.29) is 0 Å². The molecule has 3 rings (SSSR count). The smallest absolute Gasteiger partial charge is 0.183 e. The number of aromatic nitrogens is 2. The minimum atomic E-state index is 0.706. The lowest BCUT2D eigenvalue weighted by Gasteiger charge is -1.95. The number of rotatable bonds is 4. The van der Waals surface area contributed by atoms with Gasteiger partial charge >= 0.3 is 0 Å². The second-order valence-corrected chi connectivity index (χ2v) is 5.15. The SMILES string of the molecule is Cc1ccoc1-c1nnc(CNC2CC2)s1. The van der Waals surface area contributed by atoms with Crippen molar-refractivity contribution in [1.29, 1.82) is 0 Å². The van der Waals surface area contributed by atoms with Gasteiger partial charge in [-0.2, -0.15) is 0 Å². The average molecular weight is 235 g/mol. The molecule has 0 spiro atoms. The fraction of sp³-hybridized carbons (Fsp3) is 0.455. The summed E-state index contributed by atoms with van der Waals surface area (Å²) in [5.74, 6) is 0.843. The minimum Gasteiger partial charge on any atom is -0.461 e. The zero-order valence-electron chi connectivity index (χ0n) is 9.06. The summed E-state index contributed by atoms with van der Waals surface area (Å²) in [5.41, 5.74) is 1.11. The molecule has 1 aliphatic rings. The van der Waals surface area contributed by atoms with Gasteiger partial charge in [-0.15, -0.1) is 10.2 Å². The summed E-state index contributed by atoms with van der Waals surface area (Å²) in [4.78, 5) is 0. The highest BCUT2D eigenvalue weighted by atomic mass is 32.1. The van der Waals surface area contributed by atoms with E-state index in [2.05, 4.69) is 15.5 Å². The normalized spacial score (nSPS) is 15.6. The first-order valence-electron chi connectivity index (χ1n) is 5.43. The minimum absolute atomic E-state index is 0.706. The Morgan fingerprint density at radius 1 is 1.50 bits per heavy atom. The molecule has 0 aromatic carbocycles. The molecule has 0 amide bonds. The number of hydrogen-bond acceptors (Lipinski definition) is 5. The number of nitrogens with one attached hydrogen (secondary N) is 1. The van der Waals surface area contributed by atoms with Crippen molar-refractivity contribution in [3.05, 3.63) is 22.9 Å². The summed E-state index contributed by atoms with van der Waals surface area (Å²) in [6.07, 6.45) is 4.28. The third kappa shape index (κ3) is 2.01. The van der Waals surface area contributed by atoms with Crippen molar-refractivity contribution in [2.75, 3.05) is 0 Å². The Labute approximate surface area is 97.7 Å². The molecule has 0 unspecified atom stereocenters. The first kappa shape index (κ1) is 9.99. The second-order valence-electron chi connectivity index (χ2n) is 4.09. The largest absolute Gasteiger partial charge is 0.461 e. The van der Waals surface area contributed by atoms with Gasteiger partial charge in [-0.05, 0) is 31.4 Å². The fourth-order valence-electron chi connectivity index (χ4n) is 1.53. The molecule has 0 aliphatic heterocycles. The van der Waals surface area contributed by atoms with Gasteiger partial charge in [0.1, 0.15) is 5.01 Å². The summed E-state index contributed by atoms with van der Waals surface area (Å²) in [5, 5.41) is 13.6. The van der Waals surface area contributed by atoms with Crippen LogP contribution in [0.5, 0.6) is 0 Å². The maximum atomic E-state index is 5.39. The number of aryl methyl sites for hydroxylation is 1. The standard InChI is InChI=1S/C11H13N3OS/c1-7-4-5-15-10(7)11-14-13-9(16-11)6-12-8-2-3-8/h4-5,8,12H,2-3,6H2,1H3. The van der Waals surface area contributed by atoms with Crippen LogP contribution in [-0.2, 0) is 6.54 Å². The number of hydrogen-bond donors (Lipinski definition) is 1. The molecule has 1 fully saturated rings. The first-order valence-corrected chi connectivity index (χ1v) is 6.25. The van der Waals surface area contributed by atoms with E-state index in [4.69, 9.17) is 4.42 Å². The Hall–Kier alpha value is -1.20. The predicted molar refractivity (Wildman–Crippen MR) is 62.2 cm³/mol. The molecule has 2 heterocycles. The van der Waals surface area contributed by atoms with Crippen molar-refractivity contribution in [1.82, 2.24) is 15.5 Å². The Kier molecular flexibility index (Phi) is 2.49. The molecule has 1 N–H and O–H groups in total. The van der Waals surface area contributed by atoms with Crippen molar-refractivity contribution in [2.45, 2.75) is 32.4 Å². The fourth-order valence-corrected chi connectivity index (χ4v) is 2.37. The Morgan fingerprint density at radius 3 is 3.06 bits per heavy atom. The summed E-state index contributed by atoms with van der Waals surface area (Å²) in [7, 11) is 0. The van der Waals surface area contributed by atoms with Gasteiger partial charge in [0, 0.05) is 12.6 Å². The van der Waals surface area contributed by atoms with Gasteiger partial charge in [0.15, 0.2) is 10.8 Å². The summed E-state index contributed by atoms with van der Waals surface area (Å²) < 4.78 is 5.39. The first-order chi connectivity index (χ1) is 7.83. The molecular formula is C11H13N3OS. The molecule has 1 aliphatic carbocycles. The molecule has 0 radical (unpaired) electrons. The maximum Gasteiger partial charge on any atom is 0.183 e. The molecule has 2 aromatic heterocycles. The van der Waals surface area contributed by atoms with E-state index in [0.29, 0.717) is 6.04 Å². The third-order valence-corrected chi connectivity index (χ3v) is 3.56. The second kappa shape index (κ2) is 3.99. The molecule has 0 bridgehead atoms. The van der Waals surface area contributed by atoms with Crippen molar-refractivity contribution in [3.63, 3.8) is 0 Å². The highest BCUT2D eigenvalue weighted by Crippen LogP contribution is 2.27. The average Bonchev–Trinajstić information content (AvgIpc) is 2.82. The maximum absolute atomic E-state index is 5.39. The van der Waals surface area contributed by atoms with E-state index in [1.165, 1.54) is 12.8 Å². The molecule has 16 heavy (non-hydrogen) atoms. The van der Waals surface area contributed by atoms with Crippen LogP contribution in [0.4, 0.5) is 0 Å². The van der Waals surface area contributed by atoms with Crippen LogP contribution in [0.3, 0.4) is 0 Å². The molecule has 4 nitrogen and oxygen atoms in total. The van der Waals surface area contributed by atoms with Crippen LogP contribution in [0.1, 0.15) is 23.4 Å². The van der Waals surface area contributed by atoms with Gasteiger partial charge < -0.3 is 9.73 Å².